The largest absolute Gasteiger partial charge is 0.573 e. The van der Waals surface area contributed by atoms with Crippen LogP contribution in [0.4, 0.5) is 18.9 Å². The Kier molecular flexibility index (Phi) is 6.76. The summed E-state index contributed by atoms with van der Waals surface area (Å²) in [6.45, 7) is 1.66. The van der Waals surface area contributed by atoms with Crippen molar-refractivity contribution in [3.63, 3.8) is 0 Å². The number of nitrogens with one attached hydrogen (secondary N) is 1. The van der Waals surface area contributed by atoms with Gasteiger partial charge in [-0.05, 0) is 30.2 Å². The predicted molar refractivity (Wildman–Crippen MR) is 102 cm³/mol. The summed E-state index contributed by atoms with van der Waals surface area (Å²) in [5.74, 6) is -3.79. The van der Waals surface area contributed by atoms with Gasteiger partial charge in [-0.3, -0.25) is 4.72 Å². The molecule has 0 aliphatic carbocycles. The van der Waals surface area contributed by atoms with E-state index in [-0.39, 0.29) is 12.0 Å². The highest BCUT2D eigenvalue weighted by molar-refractivity contribution is 9.10. The van der Waals surface area contributed by atoms with Crippen molar-refractivity contribution in [2.45, 2.75) is 24.6 Å². The van der Waals surface area contributed by atoms with E-state index in [1.165, 1.54) is 6.07 Å². The van der Waals surface area contributed by atoms with Crippen LogP contribution in [0.25, 0.3) is 0 Å². The lowest BCUT2D eigenvalue weighted by Gasteiger charge is -2.16. The van der Waals surface area contributed by atoms with Crippen LogP contribution in [-0.4, -0.2) is 38.1 Å². The topological polar surface area (TPSA) is 122 Å². The fraction of sp³-hybridized carbons (Fsp3) is 0.235. The molecule has 0 fully saturated rings. The number of aryl methyl sites for hydroxylation is 1. The molecule has 0 radical (unpaired) electrons. The molecule has 164 valence electrons. The van der Waals surface area contributed by atoms with Crippen LogP contribution in [-0.2, 0) is 21.2 Å². The molecular formula is C17H15BrF3NO7S. The fourth-order valence-corrected chi connectivity index (χ4v) is 4.33. The second-order valence-corrected chi connectivity index (χ2v) is 8.34. The number of aromatic hydroxyl groups is 2. The van der Waals surface area contributed by atoms with Crippen molar-refractivity contribution < 1.29 is 46.1 Å². The lowest BCUT2D eigenvalue weighted by molar-refractivity contribution is -0.274. The average Bonchev–Trinajstić information content (AvgIpc) is 2.63. The first kappa shape index (κ1) is 23.6. The molecule has 30 heavy (non-hydrogen) atoms. The van der Waals surface area contributed by atoms with E-state index < -0.39 is 55.7 Å². The average molecular weight is 514 g/mol. The molecule has 2 rings (SSSR count). The van der Waals surface area contributed by atoms with E-state index in [0.717, 1.165) is 13.2 Å². The Morgan fingerprint density at radius 3 is 2.33 bits per heavy atom. The number of carbonyl (C=O) groups excluding carboxylic acids is 1. The van der Waals surface area contributed by atoms with Gasteiger partial charge in [0.1, 0.15) is 22.0 Å². The Labute approximate surface area is 177 Å². The number of hydrogen-bond acceptors (Lipinski definition) is 7. The maximum Gasteiger partial charge on any atom is 0.573 e. The summed E-state index contributed by atoms with van der Waals surface area (Å²) < 4.78 is 73.6. The number of phenols is 2. The van der Waals surface area contributed by atoms with Crippen molar-refractivity contribution in [2.75, 3.05) is 11.8 Å². The summed E-state index contributed by atoms with van der Waals surface area (Å²) in [5, 5.41) is 20.4. The van der Waals surface area contributed by atoms with E-state index in [0.29, 0.717) is 16.6 Å². The Balaban J connectivity index is 2.62. The van der Waals surface area contributed by atoms with Gasteiger partial charge in [-0.25, -0.2) is 13.2 Å². The van der Waals surface area contributed by atoms with Crippen LogP contribution in [0.2, 0.25) is 0 Å². The first-order chi connectivity index (χ1) is 13.8. The Hall–Kier alpha value is -2.67. The molecule has 8 nitrogen and oxygen atoms in total. The molecule has 0 spiro atoms. The minimum atomic E-state index is -5.15. The molecule has 0 unspecified atom stereocenters. The molecular weight excluding hydrogens is 499 g/mol. The van der Waals surface area contributed by atoms with Crippen LogP contribution in [0.1, 0.15) is 22.8 Å². The summed E-state index contributed by atoms with van der Waals surface area (Å²) in [6.07, 6.45) is -4.88. The number of ether oxygens (including phenoxy) is 2. The van der Waals surface area contributed by atoms with Crippen molar-refractivity contribution in [1.29, 1.82) is 0 Å². The molecule has 0 atom stereocenters. The summed E-state index contributed by atoms with van der Waals surface area (Å²) in [6, 6.07) is 3.62. The Bertz CT molecular complexity index is 1090. The summed E-state index contributed by atoms with van der Waals surface area (Å²) >= 11 is 3.11. The SMILES string of the molecule is CCc1cc(Br)cc(S(=O)(=O)Nc2cc(OC(F)(F)F)cc(C(=O)OC)c2O)c1O. The first-order valence-corrected chi connectivity index (χ1v) is 10.3. The van der Waals surface area contributed by atoms with Gasteiger partial charge in [0.05, 0.1) is 12.8 Å². The van der Waals surface area contributed by atoms with E-state index in [1.807, 2.05) is 4.72 Å². The number of anilines is 1. The zero-order chi connectivity index (χ0) is 22.9. The molecule has 2 aromatic rings. The normalized spacial score (nSPS) is 11.8. The van der Waals surface area contributed by atoms with Gasteiger partial charge in [-0.1, -0.05) is 22.9 Å². The number of hydrogen-bond donors (Lipinski definition) is 3. The van der Waals surface area contributed by atoms with Crippen molar-refractivity contribution >= 4 is 37.6 Å². The molecule has 0 saturated heterocycles. The van der Waals surface area contributed by atoms with Crippen LogP contribution >= 0.6 is 15.9 Å². The maximum absolute atomic E-state index is 12.8. The van der Waals surface area contributed by atoms with Gasteiger partial charge < -0.3 is 19.7 Å². The number of esters is 1. The number of halogens is 4. The number of alkyl halides is 3. The number of phenolic OH excluding ortho intramolecular Hbond substituents is 2. The molecule has 0 heterocycles. The minimum Gasteiger partial charge on any atom is -0.506 e. The van der Waals surface area contributed by atoms with Crippen molar-refractivity contribution in [1.82, 2.24) is 0 Å². The number of sulfonamides is 1. The van der Waals surface area contributed by atoms with Gasteiger partial charge in [-0.2, -0.15) is 0 Å². The van der Waals surface area contributed by atoms with Gasteiger partial charge in [-0.15, -0.1) is 13.2 Å². The molecule has 0 aromatic heterocycles. The maximum atomic E-state index is 12.8. The van der Waals surface area contributed by atoms with Crippen LogP contribution in [0, 0.1) is 0 Å². The van der Waals surface area contributed by atoms with Gasteiger partial charge in [0.15, 0.2) is 5.75 Å². The number of rotatable bonds is 6. The summed E-state index contributed by atoms with van der Waals surface area (Å²) in [7, 11) is -3.70. The highest BCUT2D eigenvalue weighted by Crippen LogP contribution is 2.38. The monoisotopic (exact) mass is 513 g/mol. The quantitative estimate of drug-likeness (QED) is 0.395. The van der Waals surface area contributed by atoms with Gasteiger partial charge in [0.2, 0.25) is 0 Å². The lowest BCUT2D eigenvalue weighted by Crippen LogP contribution is -2.19. The Morgan fingerprint density at radius 2 is 1.80 bits per heavy atom. The van der Waals surface area contributed by atoms with Gasteiger partial charge in [0, 0.05) is 10.5 Å². The van der Waals surface area contributed by atoms with Crippen LogP contribution < -0.4 is 9.46 Å². The predicted octanol–water partition coefficient (Wildman–Crippen LogP) is 3.91. The fourth-order valence-electron chi connectivity index (χ4n) is 2.45. The molecule has 0 aliphatic rings. The van der Waals surface area contributed by atoms with Crippen molar-refractivity contribution in [2.24, 2.45) is 0 Å². The second kappa shape index (κ2) is 8.60. The number of benzene rings is 2. The zero-order valence-electron chi connectivity index (χ0n) is 15.4. The molecule has 3 N–H and O–H groups in total. The summed E-state index contributed by atoms with van der Waals surface area (Å²) in [5.41, 5.74) is -1.29. The van der Waals surface area contributed by atoms with E-state index in [9.17, 15) is 36.6 Å². The third-order valence-corrected chi connectivity index (χ3v) is 5.59. The molecule has 2 aromatic carbocycles. The molecule has 13 heteroatoms. The first-order valence-electron chi connectivity index (χ1n) is 8.04. The second-order valence-electron chi connectivity index (χ2n) is 5.78. The third kappa shape index (κ3) is 5.27. The van der Waals surface area contributed by atoms with Gasteiger partial charge in [0.25, 0.3) is 10.0 Å². The van der Waals surface area contributed by atoms with E-state index in [4.69, 9.17) is 0 Å². The molecule has 0 aliphatic heterocycles. The number of methoxy groups -OCH3 is 1. The van der Waals surface area contributed by atoms with Crippen LogP contribution in [0.5, 0.6) is 17.2 Å². The molecule has 0 amide bonds. The lowest BCUT2D eigenvalue weighted by atomic mass is 10.1. The molecule has 0 bridgehead atoms. The Morgan fingerprint density at radius 1 is 1.17 bits per heavy atom. The van der Waals surface area contributed by atoms with Crippen LogP contribution in [0.15, 0.2) is 33.6 Å². The van der Waals surface area contributed by atoms with E-state index >= 15 is 0 Å². The van der Waals surface area contributed by atoms with Crippen LogP contribution in [0.3, 0.4) is 0 Å². The van der Waals surface area contributed by atoms with Crippen molar-refractivity contribution in [3.8, 4) is 17.2 Å². The summed E-state index contributed by atoms with van der Waals surface area (Å²) in [4.78, 5) is 11.2. The number of carbonyl (C=O) groups is 1. The molecule has 0 saturated carbocycles. The zero-order valence-corrected chi connectivity index (χ0v) is 17.8. The highest BCUT2D eigenvalue weighted by Gasteiger charge is 2.33. The highest BCUT2D eigenvalue weighted by atomic mass is 79.9. The van der Waals surface area contributed by atoms with E-state index in [1.54, 1.807) is 6.92 Å². The van der Waals surface area contributed by atoms with Crippen molar-refractivity contribution in [3.05, 3.63) is 39.9 Å². The smallest absolute Gasteiger partial charge is 0.506 e. The van der Waals surface area contributed by atoms with Gasteiger partial charge >= 0.3 is 12.3 Å². The van der Waals surface area contributed by atoms with E-state index in [2.05, 4.69) is 25.4 Å². The standard InChI is InChI=1S/C17H15BrF3NO7S/c1-3-8-4-9(18)5-13(14(8)23)30(26,27)22-12-7-10(29-17(19,20)21)6-11(15(12)24)16(25)28-2/h4-7,22-24H,3H2,1-2H3. The minimum absolute atomic E-state index is 0.276. The third-order valence-electron chi connectivity index (χ3n) is 3.76.